The Morgan fingerprint density at radius 2 is 1.30 bits per heavy atom. The fraction of sp³-hybridized carbons (Fsp3) is 0.552. The van der Waals surface area contributed by atoms with Gasteiger partial charge < -0.3 is 14.9 Å². The van der Waals surface area contributed by atoms with Crippen molar-refractivity contribution in [1.29, 1.82) is 0 Å². The van der Waals surface area contributed by atoms with Crippen molar-refractivity contribution in [3.8, 4) is 11.5 Å². The fourth-order valence-corrected chi connectivity index (χ4v) is 2.67. The van der Waals surface area contributed by atoms with Crippen molar-refractivity contribution in [1.82, 2.24) is 0 Å². The average Bonchev–Trinajstić information content (AvgIpc) is 2.77. The van der Waals surface area contributed by atoms with Gasteiger partial charge in [0.1, 0.15) is 17.1 Å². The van der Waals surface area contributed by atoms with E-state index in [9.17, 15) is 4.79 Å². The molecule has 2 rings (SSSR count). The molecule has 0 spiro atoms. The van der Waals surface area contributed by atoms with Gasteiger partial charge in [-0.25, -0.2) is 0 Å². The number of phenolic OH excluding ortho intramolecular Hbond substituents is 2. The molecule has 2 aromatic rings. The van der Waals surface area contributed by atoms with Crippen molar-refractivity contribution in [3.05, 3.63) is 59.7 Å². The van der Waals surface area contributed by atoms with Gasteiger partial charge in [-0.3, -0.25) is 4.79 Å². The number of carbonyl (C=O) groups is 1. The molecule has 0 saturated carbocycles. The zero-order valence-corrected chi connectivity index (χ0v) is 22.2. The molecule has 3 atom stereocenters. The normalized spacial score (nSPS) is 13.4. The van der Waals surface area contributed by atoms with E-state index in [1.807, 2.05) is 65.0 Å². The summed E-state index contributed by atoms with van der Waals surface area (Å²) in [5.41, 5.74) is 2.17. The molecule has 2 N–H and O–H groups in total. The van der Waals surface area contributed by atoms with Crippen LogP contribution in [0.2, 0.25) is 0 Å². The minimum absolute atomic E-state index is 0.0224. The number of esters is 1. The number of rotatable bonds is 6. The number of benzene rings is 2. The van der Waals surface area contributed by atoms with E-state index in [-0.39, 0.29) is 17.5 Å². The van der Waals surface area contributed by atoms with Gasteiger partial charge in [-0.05, 0) is 87.3 Å². The lowest BCUT2D eigenvalue weighted by molar-refractivity contribution is -0.159. The highest BCUT2D eigenvalue weighted by atomic mass is 16.6. The second kappa shape index (κ2) is 15.4. The molecule has 186 valence electrons. The van der Waals surface area contributed by atoms with E-state index in [1.54, 1.807) is 18.2 Å². The monoisotopic (exact) mass is 458 g/mol. The summed E-state index contributed by atoms with van der Waals surface area (Å²) in [6.07, 6.45) is 3.10. The largest absolute Gasteiger partial charge is 0.508 e. The van der Waals surface area contributed by atoms with E-state index in [0.29, 0.717) is 23.3 Å². The Hall–Kier alpha value is -2.49. The fourth-order valence-electron chi connectivity index (χ4n) is 2.67. The molecule has 4 heteroatoms. The van der Waals surface area contributed by atoms with Gasteiger partial charge in [-0.15, -0.1) is 0 Å². The number of carbonyl (C=O) groups excluding carboxylic acids is 1. The maximum atomic E-state index is 11.2. The predicted molar refractivity (Wildman–Crippen MR) is 139 cm³/mol. The Morgan fingerprint density at radius 1 is 0.788 bits per heavy atom. The molecule has 0 radical (unpaired) electrons. The highest BCUT2D eigenvalue weighted by molar-refractivity contribution is 5.72. The molecule has 3 unspecified atom stereocenters. The van der Waals surface area contributed by atoms with E-state index in [0.717, 1.165) is 19.3 Å². The van der Waals surface area contributed by atoms with Gasteiger partial charge >= 0.3 is 5.97 Å². The molecule has 0 aliphatic rings. The van der Waals surface area contributed by atoms with Crippen LogP contribution in [-0.4, -0.2) is 21.8 Å². The summed E-state index contributed by atoms with van der Waals surface area (Å²) >= 11 is 0. The average molecular weight is 459 g/mol. The van der Waals surface area contributed by atoms with Crippen molar-refractivity contribution >= 4 is 5.97 Å². The number of hydrogen-bond donors (Lipinski definition) is 2. The van der Waals surface area contributed by atoms with Gasteiger partial charge in [0.2, 0.25) is 0 Å². The molecule has 0 aromatic heterocycles. The summed E-state index contributed by atoms with van der Waals surface area (Å²) in [4.78, 5) is 11.2. The van der Waals surface area contributed by atoms with Crippen LogP contribution in [0, 0.1) is 5.92 Å². The number of ether oxygens (including phenoxy) is 1. The summed E-state index contributed by atoms with van der Waals surface area (Å²) in [6.45, 7) is 18.2. The van der Waals surface area contributed by atoms with Crippen LogP contribution in [0.5, 0.6) is 11.5 Å². The van der Waals surface area contributed by atoms with Gasteiger partial charge in [0.25, 0.3) is 0 Å². The molecule has 0 heterocycles. The summed E-state index contributed by atoms with van der Waals surface area (Å²) in [7, 11) is 0. The molecule has 2 aromatic carbocycles. The van der Waals surface area contributed by atoms with E-state index in [2.05, 4.69) is 27.7 Å². The van der Waals surface area contributed by atoms with Gasteiger partial charge in [0.05, 0.1) is 5.92 Å². The lowest BCUT2D eigenvalue weighted by Crippen LogP contribution is -2.27. The first-order valence-electron chi connectivity index (χ1n) is 12.1. The number of hydrogen-bond acceptors (Lipinski definition) is 4. The van der Waals surface area contributed by atoms with Crippen molar-refractivity contribution in [2.45, 2.75) is 99.0 Å². The molecule has 4 nitrogen and oxygen atoms in total. The molecule has 0 bridgehead atoms. The standard InChI is InChI=1S/2C10H14O.C9H18O2/c1-3-8(2)9-4-6-10(11)7-5-9;1-3-8(2)9-5-4-6-10(11)7-9;1-6-7(2)8(10)11-9(3,4)5/h2*4-8,11H,3H2,1-2H3;7H,6H2,1-5H3. The van der Waals surface area contributed by atoms with Crippen molar-refractivity contribution in [3.63, 3.8) is 0 Å². The first-order chi connectivity index (χ1) is 15.3. The molecule has 0 saturated heterocycles. The van der Waals surface area contributed by atoms with Crippen LogP contribution >= 0.6 is 0 Å². The highest BCUT2D eigenvalue weighted by Crippen LogP contribution is 2.22. The van der Waals surface area contributed by atoms with Crippen LogP contribution in [-0.2, 0) is 9.53 Å². The predicted octanol–water partition coefficient (Wildman–Crippen LogP) is 8.19. The summed E-state index contributed by atoms with van der Waals surface area (Å²) in [5, 5.41) is 18.2. The first-order valence-corrected chi connectivity index (χ1v) is 12.1. The topological polar surface area (TPSA) is 66.8 Å². The van der Waals surface area contributed by atoms with E-state index < -0.39 is 0 Å². The van der Waals surface area contributed by atoms with E-state index in [4.69, 9.17) is 14.9 Å². The Labute approximate surface area is 202 Å². The van der Waals surface area contributed by atoms with Crippen LogP contribution in [0.15, 0.2) is 48.5 Å². The Balaban J connectivity index is 0.000000465. The minimum atomic E-state index is -0.347. The second-order valence-electron chi connectivity index (χ2n) is 9.65. The lowest BCUT2D eigenvalue weighted by atomic mass is 9.99. The van der Waals surface area contributed by atoms with Gasteiger partial charge in [0.15, 0.2) is 0 Å². The summed E-state index contributed by atoms with van der Waals surface area (Å²) in [5.74, 6) is 1.77. The van der Waals surface area contributed by atoms with Gasteiger partial charge in [-0.2, -0.15) is 0 Å². The smallest absolute Gasteiger partial charge is 0.309 e. The van der Waals surface area contributed by atoms with Crippen LogP contribution < -0.4 is 0 Å². The quantitative estimate of drug-likeness (QED) is 0.428. The van der Waals surface area contributed by atoms with Crippen molar-refractivity contribution in [2.24, 2.45) is 5.92 Å². The SMILES string of the molecule is CCC(C)C(=O)OC(C)(C)C.CCC(C)c1ccc(O)cc1.CCC(C)c1cccc(O)c1. The van der Waals surface area contributed by atoms with Crippen molar-refractivity contribution in [2.75, 3.05) is 0 Å². The van der Waals surface area contributed by atoms with Gasteiger partial charge in [0, 0.05) is 0 Å². The summed E-state index contributed by atoms with van der Waals surface area (Å²) in [6, 6.07) is 14.9. The maximum absolute atomic E-state index is 11.2. The Kier molecular flexibility index (Phi) is 14.2. The highest BCUT2D eigenvalue weighted by Gasteiger charge is 2.19. The molecular formula is C29H46O4. The molecular weight excluding hydrogens is 412 g/mol. The van der Waals surface area contributed by atoms with Gasteiger partial charge in [-0.1, -0.05) is 65.8 Å². The zero-order valence-electron chi connectivity index (χ0n) is 22.2. The molecule has 0 aliphatic heterocycles. The maximum Gasteiger partial charge on any atom is 0.309 e. The number of aromatic hydroxyl groups is 2. The molecule has 0 fully saturated rings. The Morgan fingerprint density at radius 3 is 1.73 bits per heavy atom. The van der Waals surface area contributed by atoms with Crippen molar-refractivity contribution < 1.29 is 19.7 Å². The third-order valence-corrected chi connectivity index (χ3v) is 5.55. The molecule has 0 amide bonds. The summed E-state index contributed by atoms with van der Waals surface area (Å²) < 4.78 is 5.15. The zero-order chi connectivity index (χ0) is 25.6. The van der Waals surface area contributed by atoms with E-state index >= 15 is 0 Å². The van der Waals surface area contributed by atoms with Crippen LogP contribution in [0.4, 0.5) is 0 Å². The van der Waals surface area contributed by atoms with Crippen LogP contribution in [0.1, 0.15) is 105 Å². The third-order valence-electron chi connectivity index (χ3n) is 5.55. The minimum Gasteiger partial charge on any atom is -0.508 e. The number of phenols is 2. The molecule has 33 heavy (non-hydrogen) atoms. The third kappa shape index (κ3) is 13.6. The first kappa shape index (κ1) is 30.5. The van der Waals surface area contributed by atoms with Crippen LogP contribution in [0.25, 0.3) is 0 Å². The Bertz CT molecular complexity index is 790. The lowest BCUT2D eigenvalue weighted by Gasteiger charge is -2.21. The van der Waals surface area contributed by atoms with E-state index in [1.165, 1.54) is 11.1 Å². The second-order valence-corrected chi connectivity index (χ2v) is 9.65. The molecule has 0 aliphatic carbocycles. The van der Waals surface area contributed by atoms with Crippen LogP contribution in [0.3, 0.4) is 0 Å².